The average Bonchev–Trinajstić information content (AvgIpc) is 3.23. The van der Waals surface area contributed by atoms with E-state index in [0.29, 0.717) is 0 Å². The third kappa shape index (κ3) is 25.9. The van der Waals surface area contributed by atoms with Crippen LogP contribution in [0.3, 0.4) is 0 Å². The van der Waals surface area contributed by atoms with E-state index >= 15 is 0 Å². The molecule has 1 N–H and O–H groups in total. The highest BCUT2D eigenvalue weighted by molar-refractivity contribution is 5.85. The topological polar surface area (TPSA) is 204 Å². The Balaban J connectivity index is 1.98. The fraction of sp³-hybridized carbons (Fsp3) is 0.545. The summed E-state index contributed by atoms with van der Waals surface area (Å²) in [7, 11) is 0. The molecule has 0 radical (unpaired) electrons. The monoisotopic (exact) mass is 825 g/mol. The standard InChI is InChI=1S/C44H59NO14/c1-34(46)13-14-38(48)19-23-54-30-44(33-57-26-22-41(51)45-27-35(2)47,31-55-24-20-39(49)15-17-42(52)58-28-36-9-5-3-6-10-36)32-56-25-21-40(50)16-18-43(53)59-29-37-11-7-4-8-12-37/h3-12H,13-33H2,1-2H3,(H,45,51). The molecule has 0 saturated heterocycles. The number of ketones is 5. The van der Waals surface area contributed by atoms with E-state index in [9.17, 15) is 38.4 Å². The van der Waals surface area contributed by atoms with E-state index < -0.39 is 17.4 Å². The van der Waals surface area contributed by atoms with Crippen LogP contribution in [-0.4, -0.2) is 106 Å². The van der Waals surface area contributed by atoms with Gasteiger partial charge in [-0.15, -0.1) is 0 Å². The molecule has 2 aromatic carbocycles. The molecule has 0 spiro atoms. The van der Waals surface area contributed by atoms with E-state index in [2.05, 4.69) is 5.32 Å². The number of esters is 2. The molecule has 0 fully saturated rings. The molecule has 0 aromatic heterocycles. The summed E-state index contributed by atoms with van der Waals surface area (Å²) < 4.78 is 34.2. The van der Waals surface area contributed by atoms with Crippen LogP contribution >= 0.6 is 0 Å². The predicted molar refractivity (Wildman–Crippen MR) is 214 cm³/mol. The molecule has 0 atom stereocenters. The third-order valence-electron chi connectivity index (χ3n) is 8.67. The lowest BCUT2D eigenvalue weighted by molar-refractivity contribution is -0.146. The molecule has 0 heterocycles. The van der Waals surface area contributed by atoms with Crippen molar-refractivity contribution in [2.45, 2.75) is 91.3 Å². The minimum atomic E-state index is -1.03. The molecule has 0 aliphatic carbocycles. The zero-order chi connectivity index (χ0) is 43.1. The van der Waals surface area contributed by atoms with Crippen LogP contribution in [0.15, 0.2) is 60.7 Å². The van der Waals surface area contributed by atoms with Crippen molar-refractivity contribution in [1.29, 1.82) is 0 Å². The smallest absolute Gasteiger partial charge is 0.306 e. The zero-order valence-corrected chi connectivity index (χ0v) is 34.3. The van der Waals surface area contributed by atoms with E-state index in [1.165, 1.54) is 13.8 Å². The summed E-state index contributed by atoms with van der Waals surface area (Å²) in [5.74, 6) is -2.23. The van der Waals surface area contributed by atoms with Crippen LogP contribution in [0.4, 0.5) is 0 Å². The van der Waals surface area contributed by atoms with E-state index in [1.807, 2.05) is 60.7 Å². The molecular weight excluding hydrogens is 766 g/mol. The summed E-state index contributed by atoms with van der Waals surface area (Å²) in [6, 6.07) is 18.4. The first-order valence-electron chi connectivity index (χ1n) is 19.9. The van der Waals surface area contributed by atoms with E-state index in [-0.39, 0.29) is 172 Å². The summed E-state index contributed by atoms with van der Waals surface area (Å²) in [4.78, 5) is 96.7. The Hall–Kier alpha value is -4.96. The quantitative estimate of drug-likeness (QED) is 0.0755. The Labute approximate surface area is 346 Å². The summed E-state index contributed by atoms with van der Waals surface area (Å²) in [5.41, 5.74) is 0.632. The van der Waals surface area contributed by atoms with Gasteiger partial charge in [0.25, 0.3) is 0 Å². The van der Waals surface area contributed by atoms with Gasteiger partial charge in [0.1, 0.15) is 42.1 Å². The van der Waals surface area contributed by atoms with Crippen LogP contribution in [0.1, 0.15) is 89.2 Å². The largest absolute Gasteiger partial charge is 0.461 e. The number of benzene rings is 2. The van der Waals surface area contributed by atoms with Gasteiger partial charge >= 0.3 is 11.9 Å². The first-order chi connectivity index (χ1) is 28.4. The fourth-order valence-corrected chi connectivity index (χ4v) is 5.23. The van der Waals surface area contributed by atoms with Gasteiger partial charge in [-0.2, -0.15) is 0 Å². The molecule has 0 aliphatic heterocycles. The number of Topliss-reactive ketones (excluding diaryl/α,β-unsaturated/α-hetero) is 5. The third-order valence-corrected chi connectivity index (χ3v) is 8.67. The summed E-state index contributed by atoms with van der Waals surface area (Å²) in [6.45, 7) is 2.70. The molecule has 324 valence electrons. The van der Waals surface area contributed by atoms with Gasteiger partial charge in [0.2, 0.25) is 5.91 Å². The first kappa shape index (κ1) is 50.2. The van der Waals surface area contributed by atoms with Gasteiger partial charge in [-0.1, -0.05) is 60.7 Å². The normalized spacial score (nSPS) is 11.1. The molecule has 0 unspecified atom stereocenters. The minimum absolute atomic E-state index is 0.00448. The van der Waals surface area contributed by atoms with Crippen LogP contribution in [-0.2, 0) is 80.0 Å². The van der Waals surface area contributed by atoms with Gasteiger partial charge in [0.05, 0.1) is 77.7 Å². The number of carbonyl (C=O) groups is 8. The van der Waals surface area contributed by atoms with Crippen LogP contribution in [0.5, 0.6) is 0 Å². The van der Waals surface area contributed by atoms with Crippen LogP contribution in [0.2, 0.25) is 0 Å². The molecule has 2 aromatic rings. The van der Waals surface area contributed by atoms with E-state index in [4.69, 9.17) is 28.4 Å². The number of ether oxygens (including phenoxy) is 6. The number of hydrogen-bond acceptors (Lipinski definition) is 14. The molecule has 2 rings (SSSR count). The maximum atomic E-state index is 12.6. The van der Waals surface area contributed by atoms with Crippen LogP contribution < -0.4 is 5.32 Å². The van der Waals surface area contributed by atoms with Crippen molar-refractivity contribution in [3.05, 3.63) is 71.8 Å². The Morgan fingerprint density at radius 1 is 0.458 bits per heavy atom. The maximum Gasteiger partial charge on any atom is 0.306 e. The lowest BCUT2D eigenvalue weighted by atomic mass is 9.92. The van der Waals surface area contributed by atoms with Gasteiger partial charge in [-0.05, 0) is 25.0 Å². The van der Waals surface area contributed by atoms with E-state index in [1.54, 1.807) is 0 Å². The number of rotatable bonds is 35. The highest BCUT2D eigenvalue weighted by Gasteiger charge is 2.33. The predicted octanol–water partition coefficient (Wildman–Crippen LogP) is 4.43. The molecule has 1 amide bonds. The molecule has 0 bridgehead atoms. The zero-order valence-electron chi connectivity index (χ0n) is 34.3. The summed E-state index contributed by atoms with van der Waals surface area (Å²) in [6.07, 6.45) is 0.0600. The number of carbonyl (C=O) groups excluding carboxylic acids is 8. The van der Waals surface area contributed by atoms with Gasteiger partial charge in [-0.25, -0.2) is 0 Å². The Morgan fingerprint density at radius 2 is 0.831 bits per heavy atom. The summed E-state index contributed by atoms with van der Waals surface area (Å²) in [5, 5.41) is 2.50. The van der Waals surface area contributed by atoms with Crippen molar-refractivity contribution >= 4 is 46.8 Å². The van der Waals surface area contributed by atoms with Crippen molar-refractivity contribution in [1.82, 2.24) is 5.32 Å². The van der Waals surface area contributed by atoms with Gasteiger partial charge < -0.3 is 38.5 Å². The molecule has 59 heavy (non-hydrogen) atoms. The van der Waals surface area contributed by atoms with Gasteiger partial charge in [0.15, 0.2) is 0 Å². The maximum absolute atomic E-state index is 12.6. The van der Waals surface area contributed by atoms with Crippen molar-refractivity contribution in [3.8, 4) is 0 Å². The van der Waals surface area contributed by atoms with Gasteiger partial charge in [-0.3, -0.25) is 33.6 Å². The Bertz CT molecular complexity index is 1490. The SMILES string of the molecule is CC(=O)CCC(=O)CCOCC(COCCC(=O)CCC(=O)OCc1ccccc1)(COCCC(=O)CCC(=O)OCc1ccccc1)COCCC(=O)NCC(C)=O. The second-order valence-electron chi connectivity index (χ2n) is 14.3. The lowest BCUT2D eigenvalue weighted by Gasteiger charge is -2.33. The molecular formula is C44H59NO14. The van der Waals surface area contributed by atoms with Crippen LogP contribution in [0.25, 0.3) is 0 Å². The van der Waals surface area contributed by atoms with Crippen molar-refractivity contribution < 1.29 is 66.8 Å². The van der Waals surface area contributed by atoms with Crippen LogP contribution in [0, 0.1) is 5.41 Å². The minimum Gasteiger partial charge on any atom is -0.461 e. The molecule has 0 saturated carbocycles. The Kier molecular flexibility index (Phi) is 25.6. The highest BCUT2D eigenvalue weighted by atomic mass is 16.5. The average molecular weight is 826 g/mol. The number of amides is 1. The Morgan fingerprint density at radius 3 is 1.20 bits per heavy atom. The first-order valence-corrected chi connectivity index (χ1v) is 19.9. The summed E-state index contributed by atoms with van der Waals surface area (Å²) >= 11 is 0. The molecule has 15 heteroatoms. The highest BCUT2D eigenvalue weighted by Crippen LogP contribution is 2.22. The van der Waals surface area contributed by atoms with E-state index in [0.717, 1.165) is 11.1 Å². The number of nitrogens with one attached hydrogen (secondary N) is 1. The number of hydrogen-bond donors (Lipinski definition) is 1. The van der Waals surface area contributed by atoms with Crippen molar-refractivity contribution in [2.24, 2.45) is 5.41 Å². The lowest BCUT2D eigenvalue weighted by Crippen LogP contribution is -2.42. The molecule has 15 nitrogen and oxygen atoms in total. The molecule has 0 aliphatic rings. The van der Waals surface area contributed by atoms with Gasteiger partial charge in [0, 0.05) is 51.4 Å². The second-order valence-corrected chi connectivity index (χ2v) is 14.3. The van der Waals surface area contributed by atoms with Crippen molar-refractivity contribution in [2.75, 3.05) is 59.4 Å². The van der Waals surface area contributed by atoms with Crippen molar-refractivity contribution in [3.63, 3.8) is 0 Å². The second kappa shape index (κ2) is 30.1. The fourth-order valence-electron chi connectivity index (χ4n) is 5.23.